The highest BCUT2D eigenvalue weighted by atomic mass is 19.4. The van der Waals surface area contributed by atoms with E-state index >= 15 is 0 Å². The Morgan fingerprint density at radius 1 is 1.40 bits per heavy atom. The standard InChI is InChI=1S/C13H22F3N3O/c1-3-5-17-8-12-9-19(18-11(12)2)6-4-7-20-10-13(14,15)16/h9,17H,3-8,10H2,1-2H3. The maximum atomic E-state index is 11.9. The smallest absolute Gasteiger partial charge is 0.372 e. The fourth-order valence-corrected chi connectivity index (χ4v) is 1.76. The molecule has 0 spiro atoms. The molecule has 0 saturated heterocycles. The Kier molecular flexibility index (Phi) is 7.01. The van der Waals surface area contributed by atoms with Crippen LogP contribution in [0.25, 0.3) is 0 Å². The highest BCUT2D eigenvalue weighted by Gasteiger charge is 2.27. The van der Waals surface area contributed by atoms with Crippen LogP contribution in [0.1, 0.15) is 31.0 Å². The van der Waals surface area contributed by atoms with Crippen molar-refractivity contribution in [2.24, 2.45) is 0 Å². The highest BCUT2D eigenvalue weighted by Crippen LogP contribution is 2.14. The Morgan fingerprint density at radius 3 is 2.80 bits per heavy atom. The molecule has 1 N–H and O–H groups in total. The molecule has 0 aliphatic heterocycles. The number of ether oxygens (including phenoxy) is 1. The summed E-state index contributed by atoms with van der Waals surface area (Å²) >= 11 is 0. The van der Waals surface area contributed by atoms with E-state index in [0.29, 0.717) is 13.0 Å². The quantitative estimate of drug-likeness (QED) is 0.711. The molecule has 0 aromatic carbocycles. The monoisotopic (exact) mass is 293 g/mol. The van der Waals surface area contributed by atoms with Gasteiger partial charge in [0, 0.05) is 31.5 Å². The van der Waals surface area contributed by atoms with E-state index < -0.39 is 12.8 Å². The summed E-state index contributed by atoms with van der Waals surface area (Å²) in [5.41, 5.74) is 2.07. The second kappa shape index (κ2) is 8.26. The summed E-state index contributed by atoms with van der Waals surface area (Å²) in [5.74, 6) is 0. The van der Waals surface area contributed by atoms with E-state index in [1.165, 1.54) is 0 Å². The summed E-state index contributed by atoms with van der Waals surface area (Å²) in [4.78, 5) is 0. The van der Waals surface area contributed by atoms with E-state index in [2.05, 4.69) is 22.1 Å². The second-order valence-corrected chi connectivity index (χ2v) is 4.70. The van der Waals surface area contributed by atoms with E-state index in [9.17, 15) is 13.2 Å². The van der Waals surface area contributed by atoms with Crippen LogP contribution in [-0.4, -0.2) is 35.7 Å². The number of aryl methyl sites for hydroxylation is 2. The SMILES string of the molecule is CCCNCc1cn(CCCOCC(F)(F)F)nc1C. The zero-order valence-electron chi connectivity index (χ0n) is 12.0. The van der Waals surface area contributed by atoms with Gasteiger partial charge in [0.05, 0.1) is 5.69 Å². The third kappa shape index (κ3) is 6.91. The molecule has 0 unspecified atom stereocenters. The number of nitrogens with zero attached hydrogens (tertiary/aromatic N) is 2. The van der Waals surface area contributed by atoms with Crippen LogP contribution in [0.2, 0.25) is 0 Å². The first-order valence-corrected chi connectivity index (χ1v) is 6.80. The molecule has 0 bridgehead atoms. The van der Waals surface area contributed by atoms with E-state index in [0.717, 1.165) is 30.8 Å². The van der Waals surface area contributed by atoms with Crippen LogP contribution in [-0.2, 0) is 17.8 Å². The lowest BCUT2D eigenvalue weighted by Crippen LogP contribution is -2.17. The predicted molar refractivity (Wildman–Crippen MR) is 70.5 cm³/mol. The van der Waals surface area contributed by atoms with Crippen molar-refractivity contribution >= 4 is 0 Å². The summed E-state index contributed by atoms with van der Waals surface area (Å²) in [6.07, 6.45) is -0.731. The van der Waals surface area contributed by atoms with Crippen molar-refractivity contribution in [3.8, 4) is 0 Å². The van der Waals surface area contributed by atoms with Gasteiger partial charge in [0.1, 0.15) is 6.61 Å². The van der Waals surface area contributed by atoms with Crippen LogP contribution in [0.15, 0.2) is 6.20 Å². The maximum absolute atomic E-state index is 11.9. The van der Waals surface area contributed by atoms with E-state index in [-0.39, 0.29) is 6.61 Å². The molecule has 4 nitrogen and oxygen atoms in total. The van der Waals surface area contributed by atoms with Gasteiger partial charge in [-0.05, 0) is 26.3 Å². The van der Waals surface area contributed by atoms with Gasteiger partial charge in [-0.25, -0.2) is 0 Å². The Labute approximate surface area is 117 Å². The molecule has 116 valence electrons. The lowest BCUT2D eigenvalue weighted by molar-refractivity contribution is -0.174. The van der Waals surface area contributed by atoms with Crippen molar-refractivity contribution < 1.29 is 17.9 Å². The van der Waals surface area contributed by atoms with Gasteiger partial charge in [-0.3, -0.25) is 4.68 Å². The van der Waals surface area contributed by atoms with Gasteiger partial charge in [-0.1, -0.05) is 6.92 Å². The number of hydrogen-bond donors (Lipinski definition) is 1. The fraction of sp³-hybridized carbons (Fsp3) is 0.769. The molecule has 0 amide bonds. The number of rotatable bonds is 9. The van der Waals surface area contributed by atoms with Crippen LogP contribution in [0.4, 0.5) is 13.2 Å². The summed E-state index contributed by atoms with van der Waals surface area (Å²) in [5, 5.41) is 7.63. The molecule has 7 heteroatoms. The zero-order valence-corrected chi connectivity index (χ0v) is 12.0. The topological polar surface area (TPSA) is 39.1 Å². The zero-order chi connectivity index (χ0) is 15.0. The molecule has 0 aliphatic rings. The minimum atomic E-state index is -4.25. The Bertz CT molecular complexity index is 391. The normalized spacial score (nSPS) is 12.1. The van der Waals surface area contributed by atoms with Crippen molar-refractivity contribution in [3.63, 3.8) is 0 Å². The van der Waals surface area contributed by atoms with E-state index in [4.69, 9.17) is 0 Å². The number of alkyl halides is 3. The van der Waals surface area contributed by atoms with Crippen LogP contribution in [0.5, 0.6) is 0 Å². The molecule has 1 aromatic heterocycles. The van der Waals surface area contributed by atoms with E-state index in [1.54, 1.807) is 4.68 Å². The lowest BCUT2D eigenvalue weighted by Gasteiger charge is -2.07. The number of hydrogen-bond acceptors (Lipinski definition) is 3. The molecule has 1 heterocycles. The number of nitrogens with one attached hydrogen (secondary N) is 1. The summed E-state index contributed by atoms with van der Waals surface area (Å²) in [6, 6.07) is 0. The molecule has 0 radical (unpaired) electrons. The van der Waals surface area contributed by atoms with Crippen molar-refractivity contribution in [2.45, 2.75) is 46.0 Å². The first-order chi connectivity index (χ1) is 9.42. The van der Waals surface area contributed by atoms with Crippen molar-refractivity contribution in [3.05, 3.63) is 17.5 Å². The van der Waals surface area contributed by atoms with Crippen LogP contribution in [0, 0.1) is 6.92 Å². The van der Waals surface area contributed by atoms with Crippen molar-refractivity contribution in [1.82, 2.24) is 15.1 Å². The van der Waals surface area contributed by atoms with Gasteiger partial charge in [0.15, 0.2) is 0 Å². The molecule has 0 fully saturated rings. The van der Waals surface area contributed by atoms with Crippen LogP contribution in [0.3, 0.4) is 0 Å². The van der Waals surface area contributed by atoms with Gasteiger partial charge in [0.25, 0.3) is 0 Å². The first kappa shape index (κ1) is 17.0. The molecular weight excluding hydrogens is 271 g/mol. The van der Waals surface area contributed by atoms with Gasteiger partial charge in [-0.2, -0.15) is 18.3 Å². The lowest BCUT2D eigenvalue weighted by atomic mass is 10.2. The number of halogens is 3. The summed E-state index contributed by atoms with van der Waals surface area (Å²) in [6.45, 7) is 5.22. The molecular formula is C13H22F3N3O. The predicted octanol–water partition coefficient (Wildman–Crippen LogP) is 2.66. The number of aromatic nitrogens is 2. The molecule has 0 atom stereocenters. The third-order valence-corrected chi connectivity index (χ3v) is 2.73. The minimum Gasteiger partial charge on any atom is -0.372 e. The molecule has 0 aliphatic carbocycles. The van der Waals surface area contributed by atoms with Gasteiger partial charge in [-0.15, -0.1) is 0 Å². The molecule has 1 rings (SSSR count). The van der Waals surface area contributed by atoms with Gasteiger partial charge < -0.3 is 10.1 Å². The first-order valence-electron chi connectivity index (χ1n) is 6.80. The second-order valence-electron chi connectivity index (χ2n) is 4.70. The van der Waals surface area contributed by atoms with Gasteiger partial charge in [0.2, 0.25) is 0 Å². The highest BCUT2D eigenvalue weighted by molar-refractivity contribution is 5.14. The van der Waals surface area contributed by atoms with Crippen molar-refractivity contribution in [2.75, 3.05) is 19.8 Å². The van der Waals surface area contributed by atoms with Crippen molar-refractivity contribution in [1.29, 1.82) is 0 Å². The maximum Gasteiger partial charge on any atom is 0.411 e. The minimum absolute atomic E-state index is 0.0852. The molecule has 1 aromatic rings. The Hall–Kier alpha value is -1.08. The molecule has 0 saturated carbocycles. The molecule has 20 heavy (non-hydrogen) atoms. The Balaban J connectivity index is 2.25. The average Bonchev–Trinajstić information content (AvgIpc) is 2.69. The summed E-state index contributed by atoms with van der Waals surface area (Å²) in [7, 11) is 0. The van der Waals surface area contributed by atoms with Gasteiger partial charge >= 0.3 is 6.18 Å². The largest absolute Gasteiger partial charge is 0.411 e. The Morgan fingerprint density at radius 2 is 2.15 bits per heavy atom. The average molecular weight is 293 g/mol. The van der Waals surface area contributed by atoms with E-state index in [1.807, 2.05) is 13.1 Å². The van der Waals surface area contributed by atoms with Crippen LogP contribution < -0.4 is 5.32 Å². The summed E-state index contributed by atoms with van der Waals surface area (Å²) < 4.78 is 41.9. The third-order valence-electron chi connectivity index (χ3n) is 2.73. The fourth-order valence-electron chi connectivity index (χ4n) is 1.76. The van der Waals surface area contributed by atoms with Crippen LogP contribution >= 0.6 is 0 Å².